The Morgan fingerprint density at radius 1 is 0.267 bits per heavy atom. The van der Waals surface area contributed by atoms with Gasteiger partial charge in [-0.3, -0.25) is 0 Å². The van der Waals surface area contributed by atoms with Gasteiger partial charge >= 0.3 is 0 Å². The van der Waals surface area contributed by atoms with Crippen LogP contribution in [0.25, 0.3) is 22.3 Å². The first-order valence-electron chi connectivity index (χ1n) is 25.2. The zero-order valence-corrected chi connectivity index (χ0v) is 44.1. The highest BCUT2D eigenvalue weighted by Gasteiger charge is 2.36. The van der Waals surface area contributed by atoms with E-state index in [1.54, 1.807) is 0 Å². The maximum absolute atomic E-state index is 6.35. The summed E-state index contributed by atoms with van der Waals surface area (Å²) in [7, 11) is -2.70. The van der Waals surface area contributed by atoms with Crippen molar-refractivity contribution in [1.29, 1.82) is 0 Å². The predicted molar refractivity (Wildman–Crippen MR) is 312 cm³/mol. The number of benzene rings is 10. The van der Waals surface area contributed by atoms with Gasteiger partial charge in [-0.1, -0.05) is 206 Å². The lowest BCUT2D eigenvalue weighted by molar-refractivity contribution is 0.173. The van der Waals surface area contributed by atoms with Crippen LogP contribution in [0.1, 0.15) is 12.0 Å². The Morgan fingerprint density at radius 3 is 0.973 bits per heavy atom. The number of fused-ring (bicyclic) bond motifs is 5. The molecule has 0 bridgehead atoms. The number of rotatable bonds is 10. The molecule has 0 spiro atoms. The molecule has 0 atom stereocenters. The average Bonchev–Trinajstić information content (AvgIpc) is 4.19. The van der Waals surface area contributed by atoms with Crippen LogP contribution in [0.3, 0.4) is 0 Å². The van der Waals surface area contributed by atoms with Crippen LogP contribution in [0.5, 0.6) is 34.5 Å². The van der Waals surface area contributed by atoms with Crippen LogP contribution in [0.15, 0.2) is 243 Å². The van der Waals surface area contributed by atoms with Crippen molar-refractivity contribution in [2.24, 2.45) is 0 Å². The molecule has 0 aromatic heterocycles. The molecule has 0 aliphatic carbocycles. The molecule has 9 heteroatoms. The van der Waals surface area contributed by atoms with Crippen molar-refractivity contribution in [2.45, 2.75) is 13.3 Å². The molecular weight excluding hydrogens is 982 g/mol. The van der Waals surface area contributed by atoms with Crippen molar-refractivity contribution in [1.82, 2.24) is 0 Å². The molecule has 6 nitrogen and oxygen atoms in total. The Labute approximate surface area is 442 Å². The normalized spacial score (nSPS) is 13.1. The second-order valence-electron chi connectivity index (χ2n) is 18.1. The van der Waals surface area contributed by atoms with Gasteiger partial charge < -0.3 is 28.4 Å². The molecule has 0 saturated carbocycles. The van der Waals surface area contributed by atoms with E-state index >= 15 is 0 Å². The summed E-state index contributed by atoms with van der Waals surface area (Å²) in [6, 6.07) is 86.1. The monoisotopic (exact) mass is 1030 g/mol. The molecule has 75 heavy (non-hydrogen) atoms. The minimum Gasteiger partial charge on any atom is -0.493 e. The summed E-state index contributed by atoms with van der Waals surface area (Å²) in [5.74, 6) is 4.87. The van der Waals surface area contributed by atoms with E-state index in [1.165, 1.54) is 53.3 Å². The minimum atomic E-state index is -0.968. The van der Waals surface area contributed by atoms with Crippen molar-refractivity contribution in [3.63, 3.8) is 0 Å². The highest BCUT2D eigenvalue weighted by atomic mass is 31.1. The zero-order chi connectivity index (χ0) is 50.3. The zero-order valence-electron chi connectivity index (χ0n) is 41.4. The quantitative estimate of drug-likeness (QED) is 0.127. The lowest BCUT2D eigenvalue weighted by Gasteiger charge is -2.27. The van der Waals surface area contributed by atoms with Crippen molar-refractivity contribution >= 4 is 71.5 Å². The Kier molecular flexibility index (Phi) is 14.4. The number of hydrogen-bond acceptors (Lipinski definition) is 6. The molecule has 3 aliphatic heterocycles. The molecule has 10 aromatic rings. The van der Waals surface area contributed by atoms with Gasteiger partial charge in [-0.2, -0.15) is 0 Å². The smallest absolute Gasteiger partial charge is 0.231 e. The average molecular weight is 1040 g/mol. The molecule has 0 radical (unpaired) electrons. The van der Waals surface area contributed by atoms with E-state index in [9.17, 15) is 0 Å². The fourth-order valence-electron chi connectivity index (χ4n) is 10.1. The molecule has 0 amide bonds. The summed E-state index contributed by atoms with van der Waals surface area (Å²) < 4.78 is 37.3. The molecule has 3 aliphatic rings. The highest BCUT2D eigenvalue weighted by molar-refractivity contribution is 7.81. The van der Waals surface area contributed by atoms with Crippen LogP contribution in [-0.4, -0.2) is 26.8 Å². The minimum absolute atomic E-state index is 0.175. The lowest BCUT2D eigenvalue weighted by atomic mass is 9.98. The van der Waals surface area contributed by atoms with Gasteiger partial charge in [0.25, 0.3) is 0 Å². The fourth-order valence-corrected chi connectivity index (χ4v) is 17.5. The Balaban J connectivity index is 0.000000161. The van der Waals surface area contributed by atoms with E-state index in [-0.39, 0.29) is 13.6 Å². The molecule has 0 unspecified atom stereocenters. The number of aryl methyl sites for hydroxylation is 1. The van der Waals surface area contributed by atoms with Crippen LogP contribution >= 0.6 is 23.8 Å². The van der Waals surface area contributed by atoms with Gasteiger partial charge in [0.05, 0.1) is 13.2 Å². The van der Waals surface area contributed by atoms with Gasteiger partial charge in [-0.05, 0) is 120 Å². The summed E-state index contributed by atoms with van der Waals surface area (Å²) in [5, 5.41) is 11.3. The topological polar surface area (TPSA) is 55.4 Å². The van der Waals surface area contributed by atoms with E-state index in [1.807, 2.05) is 0 Å². The van der Waals surface area contributed by atoms with Gasteiger partial charge in [-0.15, -0.1) is 0 Å². The van der Waals surface area contributed by atoms with Crippen molar-refractivity contribution in [2.75, 3.05) is 26.8 Å². The van der Waals surface area contributed by atoms with Crippen LogP contribution < -0.4 is 76.2 Å². The SMILES string of the molecule is Cc1cccc2c1-c1c(cccc1P(c1ccccc1)c1ccccc1)OCCCO2.c1ccc(P(c2ccccc2)c2ccc3c(c2-c2c(P(c4ccccc4)c4ccccc4)ccc4c2OCO4)OCO3)cc1. The third-order valence-corrected chi connectivity index (χ3v) is 20.8. The van der Waals surface area contributed by atoms with E-state index < -0.39 is 23.8 Å². The third-order valence-electron chi connectivity index (χ3n) is 13.4. The summed E-state index contributed by atoms with van der Waals surface area (Å²) in [4.78, 5) is 0. The molecule has 0 saturated heterocycles. The molecule has 13 rings (SSSR count). The Bertz CT molecular complexity index is 3290. The van der Waals surface area contributed by atoms with Crippen molar-refractivity contribution in [3.8, 4) is 56.8 Å². The maximum atomic E-state index is 6.35. The van der Waals surface area contributed by atoms with Crippen LogP contribution in [-0.2, 0) is 0 Å². The summed E-state index contributed by atoms with van der Waals surface area (Å²) in [5.41, 5.74) is 5.53. The molecular formula is C66H53O6P3. The largest absolute Gasteiger partial charge is 0.493 e. The van der Waals surface area contributed by atoms with Gasteiger partial charge in [-0.25, -0.2) is 0 Å². The first-order valence-corrected chi connectivity index (χ1v) is 29.3. The van der Waals surface area contributed by atoms with Crippen molar-refractivity contribution < 1.29 is 28.4 Å². The third kappa shape index (κ3) is 9.91. The Hall–Kier alpha value is -7.71. The summed E-state index contributed by atoms with van der Waals surface area (Å²) in [6.07, 6.45) is 0.864. The molecule has 0 N–H and O–H groups in total. The van der Waals surface area contributed by atoms with E-state index in [0.717, 1.165) is 63.2 Å². The molecule has 10 aromatic carbocycles. The predicted octanol–water partition coefficient (Wildman–Crippen LogP) is 11.9. The second kappa shape index (κ2) is 22.4. The van der Waals surface area contributed by atoms with Gasteiger partial charge in [0.1, 0.15) is 11.5 Å². The number of ether oxygens (including phenoxy) is 6. The van der Waals surface area contributed by atoms with Crippen LogP contribution in [0, 0.1) is 6.92 Å². The first kappa shape index (κ1) is 48.2. The molecule has 0 fully saturated rings. The highest BCUT2D eigenvalue weighted by Crippen LogP contribution is 2.54. The van der Waals surface area contributed by atoms with Gasteiger partial charge in [0.2, 0.25) is 13.6 Å². The Morgan fingerprint density at radius 2 is 0.600 bits per heavy atom. The lowest BCUT2D eigenvalue weighted by Crippen LogP contribution is -2.26. The van der Waals surface area contributed by atoms with E-state index in [4.69, 9.17) is 28.4 Å². The van der Waals surface area contributed by atoms with Crippen LogP contribution in [0.2, 0.25) is 0 Å². The fraction of sp³-hybridized carbons (Fsp3) is 0.0909. The van der Waals surface area contributed by atoms with Gasteiger partial charge in [0, 0.05) is 28.7 Å². The summed E-state index contributed by atoms with van der Waals surface area (Å²) >= 11 is 0. The first-order chi connectivity index (χ1) is 37.2. The summed E-state index contributed by atoms with van der Waals surface area (Å²) in [6.45, 7) is 3.82. The number of hydrogen-bond donors (Lipinski definition) is 0. The van der Waals surface area contributed by atoms with Gasteiger partial charge in [0.15, 0.2) is 23.0 Å². The standard InChI is InChI=1S/C38H28O4P2.C28H25O2P/c1-5-13-27(14-6-1)43(28-15-7-2-8-16-28)33-23-21-31-37(41-25-39-31)35(33)36-34(24-22-32-38(36)42-26-40-32)44(29-17-9-3-10-18-29)30-19-11-4-12-20-30;1-21-11-8-16-24-27(21)28-25(30-20-10-19-29-24)17-9-18-26(28)31(22-12-4-2-5-13-22)23-14-6-3-7-15-23/h1-24H,25-26H2;2-9,11-18H,10,19-20H2,1H3. The molecule has 368 valence electrons. The second-order valence-corrected chi connectivity index (χ2v) is 24.6. The molecule has 3 heterocycles. The maximum Gasteiger partial charge on any atom is 0.231 e. The van der Waals surface area contributed by atoms with E-state index in [0.29, 0.717) is 13.2 Å². The van der Waals surface area contributed by atoms with E-state index in [2.05, 4.69) is 250 Å². The van der Waals surface area contributed by atoms with Crippen LogP contribution in [0.4, 0.5) is 0 Å². The van der Waals surface area contributed by atoms with Crippen molar-refractivity contribution in [3.05, 3.63) is 248 Å².